The lowest BCUT2D eigenvalue weighted by Gasteiger charge is -2.23. The number of halogens is 1. The second kappa shape index (κ2) is 7.26. The largest absolute Gasteiger partial charge is 0.468 e. The molecular formula is C15H16ClN3O4. The van der Waals surface area contributed by atoms with Crippen LogP contribution in [0, 0.1) is 10.1 Å². The van der Waals surface area contributed by atoms with Gasteiger partial charge >= 0.3 is 0 Å². The maximum absolute atomic E-state index is 12.3. The quantitative estimate of drug-likeness (QED) is 0.645. The summed E-state index contributed by atoms with van der Waals surface area (Å²) in [5.74, 6) is 0.482. The Morgan fingerprint density at radius 3 is 2.78 bits per heavy atom. The van der Waals surface area contributed by atoms with Gasteiger partial charge in [-0.2, -0.15) is 0 Å². The van der Waals surface area contributed by atoms with Crippen LogP contribution in [0.25, 0.3) is 0 Å². The molecule has 0 spiro atoms. The molecule has 2 aromatic rings. The van der Waals surface area contributed by atoms with Crippen LogP contribution in [-0.4, -0.2) is 28.8 Å². The number of rotatable bonds is 6. The number of nitro benzene ring substituents is 1. The number of benzene rings is 1. The summed E-state index contributed by atoms with van der Waals surface area (Å²) >= 11 is 5.97. The van der Waals surface area contributed by atoms with Gasteiger partial charge < -0.3 is 9.73 Å². The Morgan fingerprint density at radius 1 is 1.48 bits per heavy atom. The predicted octanol–water partition coefficient (Wildman–Crippen LogP) is 3.30. The van der Waals surface area contributed by atoms with E-state index in [1.165, 1.54) is 18.2 Å². The number of carbonyl (C=O) groups excluding carboxylic acids is 1. The van der Waals surface area contributed by atoms with E-state index < -0.39 is 11.0 Å². The number of likely N-dealkylation sites (N-methyl/N-ethyl adjacent to an activating group) is 1. The minimum absolute atomic E-state index is 0.119. The monoisotopic (exact) mass is 337 g/mol. The predicted molar refractivity (Wildman–Crippen MR) is 86.4 cm³/mol. The second-order valence-electron chi connectivity index (χ2n) is 5.08. The molecule has 1 atom stereocenters. The number of nitrogens with zero attached hydrogens (tertiary/aromatic N) is 2. The maximum atomic E-state index is 12.3. The van der Waals surface area contributed by atoms with Crippen LogP contribution in [0.15, 0.2) is 41.0 Å². The first-order valence-electron chi connectivity index (χ1n) is 6.86. The molecule has 7 nitrogen and oxygen atoms in total. The molecule has 1 amide bonds. The molecule has 0 bridgehead atoms. The van der Waals surface area contributed by atoms with E-state index in [0.29, 0.717) is 12.2 Å². The van der Waals surface area contributed by atoms with Crippen molar-refractivity contribution in [3.8, 4) is 0 Å². The molecule has 2 rings (SSSR count). The molecule has 1 N–H and O–H groups in total. The normalized spacial score (nSPS) is 12.2. The SMILES string of the molecule is CC(C(=O)Nc1ccc([N+](=O)[O-])cc1Cl)N(C)Cc1ccco1. The van der Waals surface area contributed by atoms with E-state index in [1.807, 2.05) is 11.0 Å². The van der Waals surface area contributed by atoms with Gasteiger partial charge in [0.25, 0.3) is 5.69 Å². The van der Waals surface area contributed by atoms with Crippen molar-refractivity contribution in [3.05, 3.63) is 57.5 Å². The summed E-state index contributed by atoms with van der Waals surface area (Å²) in [5.41, 5.74) is 0.205. The molecule has 0 aliphatic carbocycles. The number of hydrogen-bond donors (Lipinski definition) is 1. The van der Waals surface area contributed by atoms with Gasteiger partial charge in [-0.3, -0.25) is 19.8 Å². The molecule has 23 heavy (non-hydrogen) atoms. The molecule has 1 heterocycles. The lowest BCUT2D eigenvalue weighted by atomic mass is 10.2. The van der Waals surface area contributed by atoms with Crippen LogP contribution < -0.4 is 5.32 Å². The van der Waals surface area contributed by atoms with E-state index in [4.69, 9.17) is 16.0 Å². The summed E-state index contributed by atoms with van der Waals surface area (Å²) in [6.45, 7) is 2.23. The Hall–Kier alpha value is -2.38. The van der Waals surface area contributed by atoms with Gasteiger partial charge in [0, 0.05) is 12.1 Å². The van der Waals surface area contributed by atoms with Crippen LogP contribution in [-0.2, 0) is 11.3 Å². The van der Waals surface area contributed by atoms with Crippen LogP contribution in [0.2, 0.25) is 5.02 Å². The van der Waals surface area contributed by atoms with E-state index in [9.17, 15) is 14.9 Å². The average molecular weight is 338 g/mol. The molecule has 0 saturated heterocycles. The molecule has 1 aromatic heterocycles. The number of anilines is 1. The average Bonchev–Trinajstić information content (AvgIpc) is 3.01. The zero-order valence-corrected chi connectivity index (χ0v) is 13.4. The third-order valence-electron chi connectivity index (χ3n) is 3.45. The summed E-state index contributed by atoms with van der Waals surface area (Å²) in [6, 6.07) is 7.08. The highest BCUT2D eigenvalue weighted by molar-refractivity contribution is 6.34. The van der Waals surface area contributed by atoms with E-state index in [2.05, 4.69) is 5.32 Å². The lowest BCUT2D eigenvalue weighted by molar-refractivity contribution is -0.384. The van der Waals surface area contributed by atoms with Crippen molar-refractivity contribution in [2.24, 2.45) is 0 Å². The van der Waals surface area contributed by atoms with Crippen molar-refractivity contribution < 1.29 is 14.1 Å². The summed E-state index contributed by atoms with van der Waals surface area (Å²) in [6.07, 6.45) is 1.57. The van der Waals surface area contributed by atoms with Gasteiger partial charge in [0.1, 0.15) is 5.76 Å². The van der Waals surface area contributed by atoms with Crippen LogP contribution in [0.4, 0.5) is 11.4 Å². The van der Waals surface area contributed by atoms with Gasteiger partial charge in [0.2, 0.25) is 5.91 Å². The third kappa shape index (κ3) is 4.30. The first-order chi connectivity index (χ1) is 10.9. The topological polar surface area (TPSA) is 88.6 Å². The molecular weight excluding hydrogens is 322 g/mol. The number of hydrogen-bond acceptors (Lipinski definition) is 5. The summed E-state index contributed by atoms with van der Waals surface area (Å²) in [4.78, 5) is 24.2. The minimum atomic E-state index is -0.544. The van der Waals surface area contributed by atoms with Crippen molar-refractivity contribution in [2.75, 3.05) is 12.4 Å². The molecule has 0 saturated carbocycles. The summed E-state index contributed by atoms with van der Waals surface area (Å²) in [5, 5.41) is 13.5. The number of nitrogens with one attached hydrogen (secondary N) is 1. The van der Waals surface area contributed by atoms with Gasteiger partial charge in [-0.1, -0.05) is 11.6 Å². The standard InChI is InChI=1S/C15H16ClN3O4/c1-10(18(2)9-12-4-3-7-23-12)15(20)17-14-6-5-11(19(21)22)8-13(14)16/h3-8,10H,9H2,1-2H3,(H,17,20). The molecule has 1 unspecified atom stereocenters. The Morgan fingerprint density at radius 2 is 2.22 bits per heavy atom. The Labute approximate surface area is 138 Å². The van der Waals surface area contributed by atoms with Crippen LogP contribution in [0.3, 0.4) is 0 Å². The number of nitro groups is 1. The van der Waals surface area contributed by atoms with Crippen LogP contribution in [0.1, 0.15) is 12.7 Å². The van der Waals surface area contributed by atoms with Gasteiger partial charge in [-0.05, 0) is 32.2 Å². The second-order valence-corrected chi connectivity index (χ2v) is 5.49. The van der Waals surface area contributed by atoms with E-state index in [-0.39, 0.29) is 16.6 Å². The Kier molecular flexibility index (Phi) is 5.36. The Balaban J connectivity index is 2.01. The minimum Gasteiger partial charge on any atom is -0.468 e. The fourth-order valence-electron chi connectivity index (χ4n) is 1.94. The van der Waals surface area contributed by atoms with Gasteiger partial charge in [-0.15, -0.1) is 0 Å². The smallest absolute Gasteiger partial charge is 0.271 e. The molecule has 122 valence electrons. The summed E-state index contributed by atoms with van der Waals surface area (Å²) in [7, 11) is 1.80. The molecule has 1 aromatic carbocycles. The van der Waals surface area contributed by atoms with Gasteiger partial charge in [-0.25, -0.2) is 0 Å². The Bertz CT molecular complexity index is 703. The lowest BCUT2D eigenvalue weighted by Crippen LogP contribution is -2.39. The number of amides is 1. The zero-order valence-electron chi connectivity index (χ0n) is 12.7. The van der Waals surface area contributed by atoms with Crippen molar-refractivity contribution in [1.82, 2.24) is 4.90 Å². The first-order valence-corrected chi connectivity index (χ1v) is 7.23. The molecule has 0 radical (unpaired) electrons. The van der Waals surface area contributed by atoms with Crippen molar-refractivity contribution in [2.45, 2.75) is 19.5 Å². The molecule has 0 aliphatic heterocycles. The molecule has 8 heteroatoms. The molecule has 0 aliphatic rings. The first kappa shape index (κ1) is 17.0. The summed E-state index contributed by atoms with van der Waals surface area (Å²) < 4.78 is 5.25. The van der Waals surface area contributed by atoms with Crippen molar-refractivity contribution >= 4 is 28.9 Å². The number of carbonyl (C=O) groups is 1. The van der Waals surface area contributed by atoms with Crippen LogP contribution in [0.5, 0.6) is 0 Å². The highest BCUT2D eigenvalue weighted by atomic mass is 35.5. The van der Waals surface area contributed by atoms with E-state index >= 15 is 0 Å². The fraction of sp³-hybridized carbons (Fsp3) is 0.267. The maximum Gasteiger partial charge on any atom is 0.271 e. The third-order valence-corrected chi connectivity index (χ3v) is 3.76. The van der Waals surface area contributed by atoms with Gasteiger partial charge in [0.15, 0.2) is 0 Å². The van der Waals surface area contributed by atoms with Crippen molar-refractivity contribution in [1.29, 1.82) is 0 Å². The van der Waals surface area contributed by atoms with Crippen LogP contribution >= 0.6 is 11.6 Å². The van der Waals surface area contributed by atoms with Crippen molar-refractivity contribution in [3.63, 3.8) is 0 Å². The fourth-order valence-corrected chi connectivity index (χ4v) is 2.16. The highest BCUT2D eigenvalue weighted by Gasteiger charge is 2.20. The van der Waals surface area contributed by atoms with E-state index in [1.54, 1.807) is 26.3 Å². The van der Waals surface area contributed by atoms with E-state index in [0.717, 1.165) is 5.76 Å². The number of non-ortho nitro benzene ring substituents is 1. The molecule has 0 fully saturated rings. The van der Waals surface area contributed by atoms with Gasteiger partial charge in [0.05, 0.1) is 34.5 Å². The zero-order chi connectivity index (χ0) is 17.0. The highest BCUT2D eigenvalue weighted by Crippen LogP contribution is 2.26. The number of furan rings is 1.